The minimum atomic E-state index is -0.0982. The van der Waals surface area contributed by atoms with E-state index in [0.29, 0.717) is 0 Å². The second kappa shape index (κ2) is 5.37. The van der Waals surface area contributed by atoms with Crippen LogP contribution in [0.5, 0.6) is 0 Å². The van der Waals surface area contributed by atoms with Crippen LogP contribution in [-0.2, 0) is 6.42 Å². The van der Waals surface area contributed by atoms with Crippen molar-refractivity contribution in [2.45, 2.75) is 18.9 Å². The molecule has 1 unspecified atom stereocenters. The van der Waals surface area contributed by atoms with Crippen LogP contribution in [0.2, 0.25) is 0 Å². The van der Waals surface area contributed by atoms with Crippen molar-refractivity contribution in [1.29, 1.82) is 0 Å². The van der Waals surface area contributed by atoms with E-state index in [-0.39, 0.29) is 12.6 Å². The highest BCUT2D eigenvalue weighted by Crippen LogP contribution is 2.13. The van der Waals surface area contributed by atoms with Crippen LogP contribution in [0.1, 0.15) is 12.0 Å². The van der Waals surface area contributed by atoms with Gasteiger partial charge in [0, 0.05) is 10.5 Å². The molecule has 0 bridgehead atoms. The molecule has 0 radical (unpaired) electrons. The molecule has 0 aliphatic carbocycles. The quantitative estimate of drug-likeness (QED) is 0.846. The van der Waals surface area contributed by atoms with E-state index in [1.54, 1.807) is 0 Å². The highest BCUT2D eigenvalue weighted by molar-refractivity contribution is 9.10. The first kappa shape index (κ1) is 10.7. The number of hydrogen-bond donors (Lipinski definition) is 2. The summed E-state index contributed by atoms with van der Waals surface area (Å²) in [5.74, 6) is 0. The molecule has 0 saturated heterocycles. The Labute approximate surface area is 86.9 Å². The normalized spacial score (nSPS) is 12.8. The Morgan fingerprint density at radius 1 is 1.46 bits per heavy atom. The zero-order valence-electron chi connectivity index (χ0n) is 7.41. The van der Waals surface area contributed by atoms with Crippen LogP contribution < -0.4 is 5.73 Å². The second-order valence-electron chi connectivity index (χ2n) is 3.11. The lowest BCUT2D eigenvalue weighted by Crippen LogP contribution is -2.24. The van der Waals surface area contributed by atoms with E-state index < -0.39 is 0 Å². The van der Waals surface area contributed by atoms with Crippen LogP contribution >= 0.6 is 15.9 Å². The summed E-state index contributed by atoms with van der Waals surface area (Å²) in [4.78, 5) is 0. The highest BCUT2D eigenvalue weighted by Gasteiger charge is 2.00. The molecular formula is C10H14BrNO. The average Bonchev–Trinajstić information content (AvgIpc) is 2.14. The third-order valence-corrected chi connectivity index (χ3v) is 2.42. The topological polar surface area (TPSA) is 46.2 Å². The molecule has 2 nitrogen and oxygen atoms in total. The van der Waals surface area contributed by atoms with Crippen molar-refractivity contribution in [2.24, 2.45) is 5.73 Å². The van der Waals surface area contributed by atoms with E-state index in [1.165, 1.54) is 5.56 Å². The fraction of sp³-hybridized carbons (Fsp3) is 0.400. The largest absolute Gasteiger partial charge is 0.395 e. The molecule has 72 valence electrons. The Morgan fingerprint density at radius 3 is 2.85 bits per heavy atom. The van der Waals surface area contributed by atoms with E-state index in [0.717, 1.165) is 17.3 Å². The van der Waals surface area contributed by atoms with Gasteiger partial charge in [0.1, 0.15) is 0 Å². The van der Waals surface area contributed by atoms with Gasteiger partial charge >= 0.3 is 0 Å². The van der Waals surface area contributed by atoms with Gasteiger partial charge in [0.15, 0.2) is 0 Å². The third-order valence-electron chi connectivity index (χ3n) is 1.93. The van der Waals surface area contributed by atoms with Crippen LogP contribution in [-0.4, -0.2) is 17.8 Å². The molecule has 0 saturated carbocycles. The van der Waals surface area contributed by atoms with Gasteiger partial charge < -0.3 is 10.8 Å². The Hall–Kier alpha value is -0.380. The van der Waals surface area contributed by atoms with Gasteiger partial charge in [-0.25, -0.2) is 0 Å². The van der Waals surface area contributed by atoms with Crippen LogP contribution in [0.3, 0.4) is 0 Å². The molecule has 0 spiro atoms. The molecule has 1 rings (SSSR count). The average molecular weight is 244 g/mol. The van der Waals surface area contributed by atoms with E-state index in [1.807, 2.05) is 12.1 Å². The predicted molar refractivity (Wildman–Crippen MR) is 57.5 cm³/mol. The first-order valence-corrected chi connectivity index (χ1v) is 5.12. The van der Waals surface area contributed by atoms with Gasteiger partial charge in [0.25, 0.3) is 0 Å². The van der Waals surface area contributed by atoms with Crippen molar-refractivity contribution >= 4 is 15.9 Å². The van der Waals surface area contributed by atoms with E-state index in [9.17, 15) is 0 Å². The standard InChI is InChI=1S/C10H14BrNO/c11-9-3-1-2-8(6-9)4-5-10(12)7-13/h1-3,6,10,13H,4-5,7,12H2. The Bertz CT molecular complexity index is 265. The molecule has 1 atom stereocenters. The minimum Gasteiger partial charge on any atom is -0.395 e. The summed E-state index contributed by atoms with van der Waals surface area (Å²) in [6.07, 6.45) is 1.74. The summed E-state index contributed by atoms with van der Waals surface area (Å²) in [6.45, 7) is 0.0635. The molecule has 3 heteroatoms. The van der Waals surface area contributed by atoms with Crippen molar-refractivity contribution < 1.29 is 5.11 Å². The van der Waals surface area contributed by atoms with Crippen LogP contribution in [0.4, 0.5) is 0 Å². The van der Waals surface area contributed by atoms with E-state index in [2.05, 4.69) is 28.1 Å². The first-order valence-electron chi connectivity index (χ1n) is 4.33. The molecular weight excluding hydrogens is 230 g/mol. The lowest BCUT2D eigenvalue weighted by atomic mass is 10.1. The molecule has 0 aliphatic rings. The van der Waals surface area contributed by atoms with E-state index >= 15 is 0 Å². The molecule has 0 amide bonds. The van der Waals surface area contributed by atoms with Gasteiger partial charge in [0.05, 0.1) is 6.61 Å². The third kappa shape index (κ3) is 3.89. The Morgan fingerprint density at radius 2 is 2.23 bits per heavy atom. The van der Waals surface area contributed by atoms with Crippen LogP contribution in [0.25, 0.3) is 0 Å². The summed E-state index contributed by atoms with van der Waals surface area (Å²) in [5.41, 5.74) is 6.85. The van der Waals surface area contributed by atoms with Gasteiger partial charge in [-0.15, -0.1) is 0 Å². The molecule has 1 aromatic carbocycles. The number of nitrogens with two attached hydrogens (primary N) is 1. The molecule has 0 aliphatic heterocycles. The minimum absolute atomic E-state index is 0.0635. The number of benzene rings is 1. The molecule has 1 aromatic rings. The Kier molecular flexibility index (Phi) is 4.42. The van der Waals surface area contributed by atoms with Gasteiger partial charge in [-0.1, -0.05) is 28.1 Å². The summed E-state index contributed by atoms with van der Waals surface area (Å²) in [7, 11) is 0. The number of aryl methyl sites for hydroxylation is 1. The smallest absolute Gasteiger partial charge is 0.0582 e. The monoisotopic (exact) mass is 243 g/mol. The van der Waals surface area contributed by atoms with E-state index in [4.69, 9.17) is 10.8 Å². The zero-order chi connectivity index (χ0) is 9.68. The van der Waals surface area contributed by atoms with Gasteiger partial charge in [-0.05, 0) is 30.5 Å². The van der Waals surface area contributed by atoms with Gasteiger partial charge in [-0.3, -0.25) is 0 Å². The van der Waals surface area contributed by atoms with Crippen molar-refractivity contribution in [2.75, 3.05) is 6.61 Å². The van der Waals surface area contributed by atoms with Crippen molar-refractivity contribution in [3.05, 3.63) is 34.3 Å². The van der Waals surface area contributed by atoms with Crippen molar-refractivity contribution in [3.63, 3.8) is 0 Å². The molecule has 0 heterocycles. The number of aliphatic hydroxyl groups excluding tert-OH is 1. The predicted octanol–water partition coefficient (Wildman–Crippen LogP) is 1.70. The van der Waals surface area contributed by atoms with Crippen LogP contribution in [0, 0.1) is 0 Å². The maximum absolute atomic E-state index is 8.73. The van der Waals surface area contributed by atoms with Crippen LogP contribution in [0.15, 0.2) is 28.7 Å². The van der Waals surface area contributed by atoms with Crippen molar-refractivity contribution in [1.82, 2.24) is 0 Å². The van der Waals surface area contributed by atoms with Gasteiger partial charge in [-0.2, -0.15) is 0 Å². The summed E-state index contributed by atoms with van der Waals surface area (Å²) >= 11 is 3.41. The highest BCUT2D eigenvalue weighted by atomic mass is 79.9. The number of hydrogen-bond acceptors (Lipinski definition) is 2. The molecule has 0 fully saturated rings. The van der Waals surface area contributed by atoms with Crippen molar-refractivity contribution in [3.8, 4) is 0 Å². The summed E-state index contributed by atoms with van der Waals surface area (Å²) < 4.78 is 1.09. The first-order chi connectivity index (χ1) is 6.22. The zero-order valence-corrected chi connectivity index (χ0v) is 9.00. The molecule has 3 N–H and O–H groups in total. The number of aliphatic hydroxyl groups is 1. The lowest BCUT2D eigenvalue weighted by molar-refractivity contribution is 0.260. The maximum Gasteiger partial charge on any atom is 0.0582 e. The fourth-order valence-corrected chi connectivity index (χ4v) is 1.58. The lowest BCUT2D eigenvalue weighted by Gasteiger charge is -2.07. The Balaban J connectivity index is 2.45. The van der Waals surface area contributed by atoms with Gasteiger partial charge in [0.2, 0.25) is 0 Å². The molecule has 0 aromatic heterocycles. The SMILES string of the molecule is NC(CO)CCc1cccc(Br)c1. The number of rotatable bonds is 4. The molecule has 13 heavy (non-hydrogen) atoms. The number of halogens is 1. The summed E-state index contributed by atoms with van der Waals surface area (Å²) in [5, 5.41) is 8.73. The fourth-order valence-electron chi connectivity index (χ4n) is 1.14. The maximum atomic E-state index is 8.73. The second-order valence-corrected chi connectivity index (χ2v) is 4.03. The summed E-state index contributed by atoms with van der Waals surface area (Å²) in [6, 6.07) is 8.04.